The highest BCUT2D eigenvalue weighted by Gasteiger charge is 2.44. The van der Waals surface area contributed by atoms with Crippen molar-refractivity contribution < 1.29 is 14.7 Å². The number of carbonyl (C=O) groups is 2. The zero-order chi connectivity index (χ0) is 15.6. The van der Waals surface area contributed by atoms with E-state index in [1.165, 1.54) is 0 Å². The quantitative estimate of drug-likeness (QED) is 0.825. The van der Waals surface area contributed by atoms with Crippen molar-refractivity contribution in [2.75, 3.05) is 13.1 Å². The van der Waals surface area contributed by atoms with E-state index in [4.69, 9.17) is 5.73 Å². The van der Waals surface area contributed by atoms with Crippen molar-refractivity contribution in [3.63, 3.8) is 0 Å². The number of rotatable bonds is 4. The van der Waals surface area contributed by atoms with Gasteiger partial charge in [-0.1, -0.05) is 34.1 Å². The van der Waals surface area contributed by atoms with Crippen LogP contribution in [0.2, 0.25) is 0 Å². The van der Waals surface area contributed by atoms with E-state index in [9.17, 15) is 14.7 Å². The lowest BCUT2D eigenvalue weighted by molar-refractivity contribution is -0.156. The van der Waals surface area contributed by atoms with Crippen LogP contribution in [0, 0.1) is 10.8 Å². The first-order chi connectivity index (χ1) is 9.14. The predicted octanol–water partition coefficient (Wildman–Crippen LogP) is 1.85. The Hall–Kier alpha value is -1.10. The smallest absolute Gasteiger partial charge is 0.311 e. The average Bonchev–Trinajstić information content (AvgIpc) is 2.36. The first-order valence-corrected chi connectivity index (χ1v) is 7.42. The van der Waals surface area contributed by atoms with Gasteiger partial charge in [0.25, 0.3) is 0 Å². The van der Waals surface area contributed by atoms with Crippen LogP contribution in [0.5, 0.6) is 0 Å². The van der Waals surface area contributed by atoms with Crippen LogP contribution in [0.25, 0.3) is 0 Å². The number of likely N-dealkylation sites (tertiary alicyclic amines) is 1. The molecule has 0 spiro atoms. The van der Waals surface area contributed by atoms with Gasteiger partial charge >= 0.3 is 5.97 Å². The number of aliphatic carboxylic acids is 1. The summed E-state index contributed by atoms with van der Waals surface area (Å²) in [6, 6.07) is -0.589. The third-order valence-electron chi connectivity index (χ3n) is 4.27. The summed E-state index contributed by atoms with van der Waals surface area (Å²) in [5.41, 5.74) is 4.92. The Labute approximate surface area is 121 Å². The molecule has 1 amide bonds. The van der Waals surface area contributed by atoms with Gasteiger partial charge in [0.15, 0.2) is 0 Å². The van der Waals surface area contributed by atoms with E-state index < -0.39 is 17.4 Å². The van der Waals surface area contributed by atoms with E-state index in [-0.39, 0.29) is 11.3 Å². The Balaban J connectivity index is 2.88. The summed E-state index contributed by atoms with van der Waals surface area (Å²) in [5.74, 6) is -0.917. The van der Waals surface area contributed by atoms with Crippen molar-refractivity contribution in [3.8, 4) is 0 Å². The van der Waals surface area contributed by atoms with E-state index in [2.05, 4.69) is 0 Å². The Morgan fingerprint density at radius 3 is 2.45 bits per heavy atom. The summed E-state index contributed by atoms with van der Waals surface area (Å²) in [4.78, 5) is 25.8. The van der Waals surface area contributed by atoms with Gasteiger partial charge in [-0.05, 0) is 24.7 Å². The van der Waals surface area contributed by atoms with E-state index in [0.29, 0.717) is 25.9 Å². The molecule has 5 nitrogen and oxygen atoms in total. The van der Waals surface area contributed by atoms with Crippen LogP contribution in [-0.2, 0) is 9.59 Å². The third-order valence-corrected chi connectivity index (χ3v) is 4.27. The highest BCUT2D eigenvalue weighted by Crippen LogP contribution is 2.35. The van der Waals surface area contributed by atoms with Gasteiger partial charge in [0.2, 0.25) is 5.91 Å². The largest absolute Gasteiger partial charge is 0.481 e. The number of nitrogens with zero attached hydrogens (tertiary/aromatic N) is 1. The molecular formula is C15H28N2O3. The van der Waals surface area contributed by atoms with E-state index >= 15 is 0 Å². The van der Waals surface area contributed by atoms with Crippen LogP contribution in [0.1, 0.15) is 53.4 Å². The van der Waals surface area contributed by atoms with Gasteiger partial charge in [-0.3, -0.25) is 9.59 Å². The lowest BCUT2D eigenvalue weighted by atomic mass is 9.75. The molecule has 0 radical (unpaired) electrons. The van der Waals surface area contributed by atoms with Crippen molar-refractivity contribution >= 4 is 11.9 Å². The van der Waals surface area contributed by atoms with Crippen LogP contribution in [0.3, 0.4) is 0 Å². The maximum absolute atomic E-state index is 12.5. The summed E-state index contributed by atoms with van der Waals surface area (Å²) < 4.78 is 0. The van der Waals surface area contributed by atoms with Crippen LogP contribution >= 0.6 is 0 Å². The number of carbonyl (C=O) groups excluding carboxylic acids is 1. The maximum atomic E-state index is 12.5. The second kappa shape index (κ2) is 6.12. The maximum Gasteiger partial charge on any atom is 0.311 e. The number of hydrogen-bond acceptors (Lipinski definition) is 3. The Morgan fingerprint density at radius 2 is 2.00 bits per heavy atom. The fraction of sp³-hybridized carbons (Fsp3) is 0.867. The lowest BCUT2D eigenvalue weighted by Gasteiger charge is -2.42. The molecule has 0 aliphatic carbocycles. The highest BCUT2D eigenvalue weighted by atomic mass is 16.4. The molecule has 0 aromatic carbocycles. The van der Waals surface area contributed by atoms with Gasteiger partial charge < -0.3 is 15.7 Å². The lowest BCUT2D eigenvalue weighted by Crippen LogP contribution is -2.56. The van der Waals surface area contributed by atoms with Crippen LogP contribution in [0.4, 0.5) is 0 Å². The van der Waals surface area contributed by atoms with Gasteiger partial charge in [0, 0.05) is 13.1 Å². The van der Waals surface area contributed by atoms with E-state index in [1.54, 1.807) is 4.90 Å². The minimum Gasteiger partial charge on any atom is -0.481 e. The number of carboxylic acid groups (broad SMARTS) is 1. The number of nitrogens with two attached hydrogens (primary N) is 1. The second-order valence-corrected chi connectivity index (χ2v) is 7.04. The molecule has 1 fully saturated rings. The summed E-state index contributed by atoms with van der Waals surface area (Å²) in [7, 11) is 0. The molecule has 2 atom stereocenters. The average molecular weight is 284 g/mol. The molecule has 1 rings (SSSR count). The van der Waals surface area contributed by atoms with Crippen molar-refractivity contribution in [2.24, 2.45) is 16.6 Å². The number of piperidine rings is 1. The van der Waals surface area contributed by atoms with Crippen LogP contribution in [0.15, 0.2) is 0 Å². The van der Waals surface area contributed by atoms with Crippen molar-refractivity contribution in [2.45, 2.75) is 59.4 Å². The molecule has 20 heavy (non-hydrogen) atoms. The normalized spacial score (nSPS) is 25.4. The first-order valence-electron chi connectivity index (χ1n) is 7.42. The van der Waals surface area contributed by atoms with Crippen LogP contribution in [-0.4, -0.2) is 41.0 Å². The Morgan fingerprint density at radius 1 is 1.40 bits per heavy atom. The zero-order valence-electron chi connectivity index (χ0n) is 13.1. The minimum absolute atomic E-state index is 0.126. The van der Waals surface area contributed by atoms with Gasteiger partial charge in [0.05, 0.1) is 11.5 Å². The van der Waals surface area contributed by atoms with Crippen molar-refractivity contribution in [3.05, 3.63) is 0 Å². The third kappa shape index (κ3) is 3.51. The fourth-order valence-corrected chi connectivity index (χ4v) is 2.85. The van der Waals surface area contributed by atoms with Crippen LogP contribution < -0.4 is 5.73 Å². The molecule has 5 heteroatoms. The Kier molecular flexibility index (Phi) is 5.19. The first kappa shape index (κ1) is 17.0. The second-order valence-electron chi connectivity index (χ2n) is 7.04. The fourth-order valence-electron chi connectivity index (χ4n) is 2.85. The van der Waals surface area contributed by atoms with Crippen molar-refractivity contribution in [1.29, 1.82) is 0 Å². The van der Waals surface area contributed by atoms with E-state index in [0.717, 1.165) is 12.8 Å². The zero-order valence-corrected chi connectivity index (χ0v) is 13.1. The summed E-state index contributed by atoms with van der Waals surface area (Å²) in [6.07, 6.45) is 2.79. The number of carboxylic acids is 1. The monoisotopic (exact) mass is 284 g/mol. The highest BCUT2D eigenvalue weighted by molar-refractivity contribution is 5.84. The predicted molar refractivity (Wildman–Crippen MR) is 78.2 cm³/mol. The molecule has 1 unspecified atom stereocenters. The van der Waals surface area contributed by atoms with Gasteiger partial charge in [-0.25, -0.2) is 0 Å². The van der Waals surface area contributed by atoms with Gasteiger partial charge in [-0.15, -0.1) is 0 Å². The SMILES string of the molecule is CCCC1(C(=O)O)CCCN(C(=O)[C@H](N)C(C)(C)C)C1. The number of hydrogen-bond donors (Lipinski definition) is 2. The summed E-state index contributed by atoms with van der Waals surface area (Å²) in [5, 5.41) is 9.55. The standard InChI is InChI=1S/C15H28N2O3/c1-5-7-15(13(19)20)8-6-9-17(10-15)12(18)11(16)14(2,3)4/h11H,5-10,16H2,1-4H3,(H,19,20)/t11-,15?/m0/s1. The van der Waals surface area contributed by atoms with Crippen molar-refractivity contribution in [1.82, 2.24) is 4.90 Å². The molecule has 1 saturated heterocycles. The summed E-state index contributed by atoms with van der Waals surface area (Å²) in [6.45, 7) is 8.66. The topological polar surface area (TPSA) is 83.6 Å². The van der Waals surface area contributed by atoms with Gasteiger partial charge in [0.1, 0.15) is 0 Å². The van der Waals surface area contributed by atoms with E-state index in [1.807, 2.05) is 27.7 Å². The number of amides is 1. The molecule has 0 aromatic heterocycles. The molecule has 1 aliphatic rings. The molecule has 0 bridgehead atoms. The minimum atomic E-state index is -0.791. The molecule has 0 saturated carbocycles. The molecule has 1 aliphatic heterocycles. The Bertz CT molecular complexity index is 372. The molecular weight excluding hydrogens is 256 g/mol. The summed E-state index contributed by atoms with van der Waals surface area (Å²) >= 11 is 0. The molecule has 1 heterocycles. The molecule has 0 aromatic rings. The molecule has 3 N–H and O–H groups in total. The van der Waals surface area contributed by atoms with Gasteiger partial charge in [-0.2, -0.15) is 0 Å². The molecule has 116 valence electrons.